The van der Waals surface area contributed by atoms with Crippen LogP contribution in [0.2, 0.25) is 0 Å². The van der Waals surface area contributed by atoms with Crippen LogP contribution in [-0.2, 0) is 20.9 Å². The average molecular weight is 505 g/mol. The lowest BCUT2D eigenvalue weighted by Crippen LogP contribution is -2.47. The fourth-order valence-electron chi connectivity index (χ4n) is 4.32. The smallest absolute Gasteiger partial charge is 0.472 e. The molecule has 0 spiro atoms. The number of nitrogens with zero attached hydrogens (tertiary/aromatic N) is 1. The van der Waals surface area contributed by atoms with E-state index in [1.54, 1.807) is 16.4 Å². The van der Waals surface area contributed by atoms with Gasteiger partial charge in [0.25, 0.3) is 5.91 Å². The highest BCUT2D eigenvalue weighted by Crippen LogP contribution is 2.39. The number of carbonyl (C=O) groups is 3. The first kappa shape index (κ1) is 25.5. The van der Waals surface area contributed by atoms with E-state index in [4.69, 9.17) is 9.47 Å². The van der Waals surface area contributed by atoms with Crippen molar-refractivity contribution in [1.29, 1.82) is 0 Å². The zero-order valence-electron chi connectivity index (χ0n) is 19.6. The molecule has 192 valence electrons. The molecular weight excluding hydrogens is 479 g/mol. The van der Waals surface area contributed by atoms with Gasteiger partial charge >= 0.3 is 12.1 Å². The van der Waals surface area contributed by atoms with Crippen LogP contribution in [0.3, 0.4) is 0 Å². The highest BCUT2D eigenvalue weighted by atomic mass is 19.4. The summed E-state index contributed by atoms with van der Waals surface area (Å²) in [5, 5.41) is 0. The number of amides is 3. The van der Waals surface area contributed by atoms with E-state index in [0.717, 1.165) is 5.56 Å². The number of hydrazine groups is 1. The third kappa shape index (κ3) is 5.46. The number of alkyl halides is 3. The molecule has 11 heteroatoms. The summed E-state index contributed by atoms with van der Waals surface area (Å²) in [6, 6.07) is 13.5. The molecular formula is C25H26F3N3O5. The summed E-state index contributed by atoms with van der Waals surface area (Å²) in [5.41, 5.74) is 4.02. The van der Waals surface area contributed by atoms with Gasteiger partial charge in [-0.15, -0.1) is 0 Å². The molecule has 0 radical (unpaired) electrons. The summed E-state index contributed by atoms with van der Waals surface area (Å²) in [5.74, 6) is -2.92. The molecule has 8 nitrogen and oxygen atoms in total. The first-order valence-corrected chi connectivity index (χ1v) is 11.5. The van der Waals surface area contributed by atoms with Crippen LogP contribution in [-0.4, -0.2) is 48.6 Å². The van der Waals surface area contributed by atoms with Crippen LogP contribution >= 0.6 is 0 Å². The Morgan fingerprint density at radius 1 is 1.03 bits per heavy atom. The van der Waals surface area contributed by atoms with Crippen molar-refractivity contribution in [1.82, 2.24) is 15.8 Å². The Balaban J connectivity index is 1.59. The predicted molar refractivity (Wildman–Crippen MR) is 121 cm³/mol. The minimum Gasteiger partial charge on any atom is -0.491 e. The second-order valence-electron chi connectivity index (χ2n) is 9.07. The minimum atomic E-state index is -5.13. The fraction of sp³-hybridized carbons (Fsp3) is 0.400. The van der Waals surface area contributed by atoms with Crippen LogP contribution in [0.4, 0.5) is 13.2 Å². The number of nitrogens with one attached hydrogen (secondary N) is 2. The van der Waals surface area contributed by atoms with Crippen molar-refractivity contribution in [3.05, 3.63) is 65.2 Å². The molecule has 1 atom stereocenters. The monoisotopic (exact) mass is 505 g/mol. The molecule has 2 aliphatic rings. The van der Waals surface area contributed by atoms with Crippen molar-refractivity contribution >= 4 is 17.7 Å². The third-order valence-corrected chi connectivity index (χ3v) is 6.55. The number of hydrogen-bond acceptors (Lipinski definition) is 5. The van der Waals surface area contributed by atoms with Crippen molar-refractivity contribution in [2.75, 3.05) is 19.8 Å². The van der Waals surface area contributed by atoms with E-state index in [1.807, 2.05) is 37.3 Å². The van der Waals surface area contributed by atoms with Crippen molar-refractivity contribution in [3.63, 3.8) is 0 Å². The lowest BCUT2D eigenvalue weighted by atomic mass is 9.80. The Hall–Kier alpha value is -3.60. The molecule has 2 N–H and O–H groups in total. The Morgan fingerprint density at radius 2 is 1.72 bits per heavy atom. The average Bonchev–Trinajstić information content (AvgIpc) is 3.06. The van der Waals surface area contributed by atoms with Crippen molar-refractivity contribution in [2.45, 2.75) is 38.5 Å². The summed E-state index contributed by atoms with van der Waals surface area (Å²) in [6.07, 6.45) is -3.94. The first-order valence-electron chi connectivity index (χ1n) is 11.5. The molecule has 3 amide bonds. The van der Waals surface area contributed by atoms with Gasteiger partial charge in [0.2, 0.25) is 5.91 Å². The summed E-state index contributed by atoms with van der Waals surface area (Å²) in [7, 11) is 0. The Labute approximate surface area is 205 Å². The highest BCUT2D eigenvalue weighted by molar-refractivity contribution is 5.96. The van der Waals surface area contributed by atoms with Gasteiger partial charge in [-0.05, 0) is 30.5 Å². The SMILES string of the molecule is CC1(C(=O)N2Cc3ccc(C(=O)NNC(=O)C(F)(F)F)cc3OC[C@@H]2c2ccccc2)CCOCC1. The molecule has 2 heterocycles. The normalized spacial score (nSPS) is 19.3. The van der Waals surface area contributed by atoms with E-state index < -0.39 is 29.4 Å². The molecule has 1 fully saturated rings. The van der Waals surface area contributed by atoms with Gasteiger partial charge in [-0.2, -0.15) is 13.2 Å². The molecule has 4 rings (SSSR count). The number of rotatable bonds is 3. The Morgan fingerprint density at radius 3 is 2.39 bits per heavy atom. The number of halogens is 3. The Bertz CT molecular complexity index is 1130. The van der Waals surface area contributed by atoms with Crippen LogP contribution in [0.1, 0.15) is 47.3 Å². The fourth-order valence-corrected chi connectivity index (χ4v) is 4.32. The van der Waals surface area contributed by atoms with Crippen LogP contribution < -0.4 is 15.6 Å². The molecule has 0 saturated carbocycles. The lowest BCUT2D eigenvalue weighted by molar-refractivity contribution is -0.174. The second kappa shape index (κ2) is 10.2. The number of fused-ring (bicyclic) bond motifs is 1. The van der Waals surface area contributed by atoms with E-state index in [-0.39, 0.29) is 24.6 Å². The van der Waals surface area contributed by atoms with Gasteiger partial charge in [-0.25, -0.2) is 0 Å². The van der Waals surface area contributed by atoms with Gasteiger partial charge in [0.15, 0.2) is 0 Å². The number of hydrogen-bond donors (Lipinski definition) is 2. The molecule has 2 aromatic rings. The zero-order valence-corrected chi connectivity index (χ0v) is 19.6. The first-order chi connectivity index (χ1) is 17.1. The standard InChI is InChI=1S/C25H26F3N3O5/c1-24(9-11-35-12-10-24)23(34)31-14-18-8-7-17(21(32)29-30-22(33)25(26,27)28)13-20(18)36-15-19(31)16-5-3-2-4-6-16/h2-8,13,19H,9-12,14-15H2,1H3,(H,29,32)(H,30,33)/t19-/m1/s1. The van der Waals surface area contributed by atoms with Crippen molar-refractivity contribution in [3.8, 4) is 5.75 Å². The minimum absolute atomic E-state index is 0.0105. The van der Waals surface area contributed by atoms with Crippen LogP contribution in [0.25, 0.3) is 0 Å². The quantitative estimate of drug-likeness (QED) is 0.625. The van der Waals surface area contributed by atoms with Crippen molar-refractivity contribution < 1.29 is 37.0 Å². The largest absolute Gasteiger partial charge is 0.491 e. The summed E-state index contributed by atoms with van der Waals surface area (Å²) >= 11 is 0. The van der Waals surface area contributed by atoms with Gasteiger partial charge in [0.05, 0.1) is 18.0 Å². The molecule has 2 aromatic carbocycles. The lowest BCUT2D eigenvalue weighted by Gasteiger charge is -2.39. The molecule has 0 aromatic heterocycles. The molecule has 36 heavy (non-hydrogen) atoms. The second-order valence-corrected chi connectivity index (χ2v) is 9.07. The number of carbonyl (C=O) groups excluding carboxylic acids is 3. The van der Waals surface area contributed by atoms with E-state index in [9.17, 15) is 27.6 Å². The molecule has 0 bridgehead atoms. The predicted octanol–water partition coefficient (Wildman–Crippen LogP) is 3.29. The molecule has 0 unspecified atom stereocenters. The van der Waals surface area contributed by atoms with Crippen LogP contribution in [0.15, 0.2) is 48.5 Å². The maximum Gasteiger partial charge on any atom is 0.472 e. The Kier molecular flexibility index (Phi) is 7.21. The van der Waals surface area contributed by atoms with Crippen LogP contribution in [0, 0.1) is 5.41 Å². The summed E-state index contributed by atoms with van der Waals surface area (Å²) < 4.78 is 48.7. The molecule has 2 aliphatic heterocycles. The summed E-state index contributed by atoms with van der Waals surface area (Å²) in [4.78, 5) is 38.9. The van der Waals surface area contributed by atoms with Crippen molar-refractivity contribution in [2.24, 2.45) is 5.41 Å². The highest BCUT2D eigenvalue weighted by Gasteiger charge is 2.42. The zero-order chi connectivity index (χ0) is 25.9. The van der Waals surface area contributed by atoms with Gasteiger partial charge in [-0.3, -0.25) is 25.2 Å². The summed E-state index contributed by atoms with van der Waals surface area (Å²) in [6.45, 7) is 3.28. The van der Waals surface area contributed by atoms with E-state index in [1.165, 1.54) is 17.6 Å². The number of ether oxygens (including phenoxy) is 2. The third-order valence-electron chi connectivity index (χ3n) is 6.55. The van der Waals surface area contributed by atoms with Gasteiger partial charge in [0.1, 0.15) is 12.4 Å². The number of benzene rings is 2. The van der Waals surface area contributed by atoms with E-state index in [0.29, 0.717) is 37.4 Å². The van der Waals surface area contributed by atoms with Gasteiger partial charge in [0, 0.05) is 24.3 Å². The molecule has 1 saturated heterocycles. The van der Waals surface area contributed by atoms with E-state index in [2.05, 4.69) is 0 Å². The molecule has 0 aliphatic carbocycles. The van der Waals surface area contributed by atoms with Gasteiger partial charge < -0.3 is 14.4 Å². The maximum absolute atomic E-state index is 13.8. The van der Waals surface area contributed by atoms with Gasteiger partial charge in [-0.1, -0.05) is 43.3 Å². The maximum atomic E-state index is 13.8. The topological polar surface area (TPSA) is 97.0 Å². The van der Waals surface area contributed by atoms with Crippen LogP contribution in [0.5, 0.6) is 5.75 Å². The van der Waals surface area contributed by atoms with E-state index >= 15 is 0 Å².